The van der Waals surface area contributed by atoms with Crippen molar-refractivity contribution in [1.29, 1.82) is 0 Å². The van der Waals surface area contributed by atoms with Gasteiger partial charge in [-0.3, -0.25) is 9.59 Å². The Bertz CT molecular complexity index is 689. The van der Waals surface area contributed by atoms with Gasteiger partial charge in [0.25, 0.3) is 5.91 Å². The quantitative estimate of drug-likeness (QED) is 0.785. The Kier molecular flexibility index (Phi) is 5.48. The Balaban J connectivity index is 1.96. The number of hydrogen-bond donors (Lipinski definition) is 1. The van der Waals surface area contributed by atoms with Crippen molar-refractivity contribution >= 4 is 40.1 Å². The second-order valence-corrected chi connectivity index (χ2v) is 5.97. The SMILES string of the molecule is CN(CC(=O)Nc1cccc(F)c1)C(=O)c1ccc(I)cc1. The van der Waals surface area contributed by atoms with Crippen LogP contribution in [0.2, 0.25) is 0 Å². The highest BCUT2D eigenvalue weighted by Gasteiger charge is 2.15. The molecule has 0 heterocycles. The molecule has 0 radical (unpaired) electrons. The van der Waals surface area contributed by atoms with Gasteiger partial charge in [-0.25, -0.2) is 4.39 Å². The summed E-state index contributed by atoms with van der Waals surface area (Å²) in [4.78, 5) is 25.4. The number of nitrogens with one attached hydrogen (secondary N) is 1. The molecule has 0 aromatic heterocycles. The molecular formula is C16H14FIN2O2. The molecule has 0 unspecified atom stereocenters. The van der Waals surface area contributed by atoms with E-state index in [1.54, 1.807) is 25.2 Å². The molecule has 0 bridgehead atoms. The van der Waals surface area contributed by atoms with E-state index >= 15 is 0 Å². The molecule has 0 saturated heterocycles. The van der Waals surface area contributed by atoms with Crippen LogP contribution >= 0.6 is 22.6 Å². The van der Waals surface area contributed by atoms with Crippen molar-refractivity contribution in [3.05, 3.63) is 63.5 Å². The third-order valence-electron chi connectivity index (χ3n) is 2.93. The van der Waals surface area contributed by atoms with E-state index in [-0.39, 0.29) is 18.4 Å². The summed E-state index contributed by atoms with van der Waals surface area (Å²) in [7, 11) is 1.55. The van der Waals surface area contributed by atoms with Crippen molar-refractivity contribution < 1.29 is 14.0 Å². The molecule has 2 aromatic carbocycles. The predicted molar refractivity (Wildman–Crippen MR) is 91.1 cm³/mol. The molecule has 2 aromatic rings. The number of halogens is 2. The normalized spacial score (nSPS) is 10.1. The van der Waals surface area contributed by atoms with E-state index in [4.69, 9.17) is 0 Å². The maximum absolute atomic E-state index is 13.0. The fourth-order valence-corrected chi connectivity index (χ4v) is 2.23. The highest BCUT2D eigenvalue weighted by molar-refractivity contribution is 14.1. The van der Waals surface area contributed by atoms with Crippen molar-refractivity contribution in [3.8, 4) is 0 Å². The van der Waals surface area contributed by atoms with Gasteiger partial charge >= 0.3 is 0 Å². The maximum Gasteiger partial charge on any atom is 0.254 e. The first kappa shape index (κ1) is 16.4. The lowest BCUT2D eigenvalue weighted by molar-refractivity contribution is -0.116. The van der Waals surface area contributed by atoms with E-state index in [0.29, 0.717) is 11.3 Å². The third-order valence-corrected chi connectivity index (χ3v) is 3.65. The number of nitrogens with zero attached hydrogens (tertiary/aromatic N) is 1. The van der Waals surface area contributed by atoms with Crippen LogP contribution in [0.5, 0.6) is 0 Å². The number of anilines is 1. The number of likely N-dealkylation sites (N-methyl/N-ethyl adjacent to an activating group) is 1. The van der Waals surface area contributed by atoms with E-state index in [2.05, 4.69) is 27.9 Å². The van der Waals surface area contributed by atoms with Gasteiger partial charge in [0.15, 0.2) is 0 Å². The summed E-state index contributed by atoms with van der Waals surface area (Å²) in [5.41, 5.74) is 0.876. The largest absolute Gasteiger partial charge is 0.332 e. The lowest BCUT2D eigenvalue weighted by Gasteiger charge is -2.17. The van der Waals surface area contributed by atoms with Crippen LogP contribution in [0.3, 0.4) is 0 Å². The zero-order valence-electron chi connectivity index (χ0n) is 11.8. The van der Waals surface area contributed by atoms with Crippen molar-refractivity contribution in [3.63, 3.8) is 0 Å². The topological polar surface area (TPSA) is 49.4 Å². The highest BCUT2D eigenvalue weighted by atomic mass is 127. The second-order valence-electron chi connectivity index (χ2n) is 4.73. The summed E-state index contributed by atoms with van der Waals surface area (Å²) in [6.45, 7) is -0.110. The molecule has 0 fully saturated rings. The van der Waals surface area contributed by atoms with E-state index in [1.807, 2.05) is 12.1 Å². The molecule has 2 amide bonds. The molecular weight excluding hydrogens is 398 g/mol. The monoisotopic (exact) mass is 412 g/mol. The Morgan fingerprint density at radius 2 is 1.86 bits per heavy atom. The summed E-state index contributed by atoms with van der Waals surface area (Å²) in [5.74, 6) is -1.06. The zero-order valence-corrected chi connectivity index (χ0v) is 14.0. The first-order chi connectivity index (χ1) is 10.5. The number of carbonyl (C=O) groups is 2. The van der Waals surface area contributed by atoms with E-state index in [9.17, 15) is 14.0 Å². The van der Waals surface area contributed by atoms with Crippen LogP contribution in [0.1, 0.15) is 10.4 Å². The molecule has 114 valence electrons. The average Bonchev–Trinajstić information content (AvgIpc) is 2.47. The number of carbonyl (C=O) groups excluding carboxylic acids is 2. The van der Waals surface area contributed by atoms with Crippen molar-refractivity contribution in [2.24, 2.45) is 0 Å². The molecule has 0 aliphatic heterocycles. The standard InChI is InChI=1S/C16H14FIN2O2/c1-20(16(22)11-5-7-13(18)8-6-11)10-15(21)19-14-4-2-3-12(17)9-14/h2-9H,10H2,1H3,(H,19,21). The van der Waals surface area contributed by atoms with Crippen LogP contribution in [0.4, 0.5) is 10.1 Å². The van der Waals surface area contributed by atoms with Crippen molar-refractivity contribution in [2.45, 2.75) is 0 Å². The number of rotatable bonds is 4. The van der Waals surface area contributed by atoms with Gasteiger partial charge in [-0.2, -0.15) is 0 Å². The molecule has 0 aliphatic rings. The first-order valence-corrected chi connectivity index (χ1v) is 7.60. The van der Waals surface area contributed by atoms with E-state index in [1.165, 1.54) is 23.1 Å². The minimum Gasteiger partial charge on any atom is -0.332 e. The van der Waals surface area contributed by atoms with Crippen LogP contribution in [-0.2, 0) is 4.79 Å². The molecule has 22 heavy (non-hydrogen) atoms. The fourth-order valence-electron chi connectivity index (χ4n) is 1.87. The number of benzene rings is 2. The summed E-state index contributed by atoms with van der Waals surface area (Å²) in [5, 5.41) is 2.56. The molecule has 6 heteroatoms. The summed E-state index contributed by atoms with van der Waals surface area (Å²) >= 11 is 2.15. The van der Waals surface area contributed by atoms with Gasteiger partial charge in [0.05, 0.1) is 6.54 Å². The van der Waals surface area contributed by atoms with Crippen molar-refractivity contribution in [2.75, 3.05) is 18.9 Å². The lowest BCUT2D eigenvalue weighted by atomic mass is 10.2. The minimum atomic E-state index is -0.430. The van der Waals surface area contributed by atoms with Crippen LogP contribution in [0.25, 0.3) is 0 Å². The second kappa shape index (κ2) is 7.35. The van der Waals surface area contributed by atoms with Crippen LogP contribution in [-0.4, -0.2) is 30.3 Å². The van der Waals surface area contributed by atoms with E-state index < -0.39 is 5.82 Å². The Morgan fingerprint density at radius 3 is 2.50 bits per heavy atom. The zero-order chi connectivity index (χ0) is 16.1. The smallest absolute Gasteiger partial charge is 0.254 e. The molecule has 4 nitrogen and oxygen atoms in total. The molecule has 0 spiro atoms. The summed E-state index contributed by atoms with van der Waals surface area (Å²) in [6, 6.07) is 12.7. The third kappa shape index (κ3) is 4.52. The Hall–Kier alpha value is -1.96. The van der Waals surface area contributed by atoms with Crippen LogP contribution in [0, 0.1) is 9.39 Å². The predicted octanol–water partition coefficient (Wildman–Crippen LogP) is 3.14. The fraction of sp³-hybridized carbons (Fsp3) is 0.125. The molecule has 1 N–H and O–H groups in total. The Labute approximate surface area is 141 Å². The Morgan fingerprint density at radius 1 is 1.18 bits per heavy atom. The van der Waals surface area contributed by atoms with Gasteiger partial charge in [0, 0.05) is 21.9 Å². The molecule has 0 saturated carbocycles. The molecule has 0 atom stereocenters. The minimum absolute atomic E-state index is 0.110. The van der Waals surface area contributed by atoms with Gasteiger partial charge < -0.3 is 10.2 Å². The molecule has 2 rings (SSSR count). The summed E-state index contributed by atoms with van der Waals surface area (Å²) < 4.78 is 14.1. The van der Waals surface area contributed by atoms with Gasteiger partial charge in [0.1, 0.15) is 5.82 Å². The number of hydrogen-bond acceptors (Lipinski definition) is 2. The first-order valence-electron chi connectivity index (χ1n) is 6.52. The van der Waals surface area contributed by atoms with Gasteiger partial charge in [-0.15, -0.1) is 0 Å². The lowest BCUT2D eigenvalue weighted by Crippen LogP contribution is -2.34. The van der Waals surface area contributed by atoms with Gasteiger partial charge in [0.2, 0.25) is 5.91 Å². The van der Waals surface area contributed by atoms with Crippen LogP contribution < -0.4 is 5.32 Å². The number of amides is 2. The van der Waals surface area contributed by atoms with Crippen LogP contribution in [0.15, 0.2) is 48.5 Å². The van der Waals surface area contributed by atoms with E-state index in [0.717, 1.165) is 3.57 Å². The van der Waals surface area contributed by atoms with Gasteiger partial charge in [-0.1, -0.05) is 6.07 Å². The van der Waals surface area contributed by atoms with Crippen molar-refractivity contribution in [1.82, 2.24) is 4.90 Å². The molecule has 0 aliphatic carbocycles. The average molecular weight is 412 g/mol. The highest BCUT2D eigenvalue weighted by Crippen LogP contribution is 2.10. The maximum atomic E-state index is 13.0. The van der Waals surface area contributed by atoms with Gasteiger partial charge in [-0.05, 0) is 65.1 Å². The summed E-state index contributed by atoms with van der Waals surface area (Å²) in [6.07, 6.45) is 0.